The van der Waals surface area contributed by atoms with Crippen LogP contribution in [0, 0.1) is 12.1 Å². The van der Waals surface area contributed by atoms with Crippen LogP contribution in [0.5, 0.6) is 0 Å². The minimum Gasteiger partial charge on any atom is -0.250 e. The van der Waals surface area contributed by atoms with Crippen molar-refractivity contribution in [3.8, 4) is 11.1 Å². The van der Waals surface area contributed by atoms with Gasteiger partial charge in [-0.05, 0) is 24.3 Å². The number of rotatable bonds is 0. The molecule has 0 radical (unpaired) electrons. The maximum absolute atomic E-state index is 4.94. The fourth-order valence-corrected chi connectivity index (χ4v) is 3.96. The SMILES string of the molecule is CC1(C)C2=N/C(=C3/C=CC(=N3)C(C)(C)c3[c-]c(ccc3)-c3[c-]c1ccc3)C=C2.[Pt+2]. The Morgan fingerprint density at radius 1 is 0.621 bits per heavy atom. The van der Waals surface area contributed by atoms with Crippen LogP contribution in [-0.4, -0.2) is 11.4 Å². The molecule has 3 heterocycles. The molecule has 29 heavy (non-hydrogen) atoms. The Hall–Kier alpha value is -2.31. The monoisotopic (exact) mass is 557 g/mol. The Bertz CT molecular complexity index is 1070. The number of hydrogen-bond donors (Lipinski definition) is 0. The number of hydrogen-bond acceptors (Lipinski definition) is 2. The van der Waals surface area contributed by atoms with Gasteiger partial charge in [0, 0.05) is 22.3 Å². The number of aliphatic imine (C=N–C) groups is 2. The second kappa shape index (κ2) is 6.88. The Balaban J connectivity index is 0.00000205. The summed E-state index contributed by atoms with van der Waals surface area (Å²) in [4.78, 5) is 9.87. The zero-order valence-corrected chi connectivity index (χ0v) is 19.3. The first-order valence-corrected chi connectivity index (χ1v) is 9.70. The summed E-state index contributed by atoms with van der Waals surface area (Å²) in [6, 6.07) is 20.0. The molecule has 0 unspecified atom stereocenters. The summed E-state index contributed by atoms with van der Waals surface area (Å²) in [7, 11) is 0. The molecule has 2 aromatic carbocycles. The van der Waals surface area contributed by atoms with Crippen LogP contribution >= 0.6 is 0 Å². The van der Waals surface area contributed by atoms with Crippen molar-refractivity contribution in [2.75, 3.05) is 0 Å². The number of nitrogens with zero attached hydrogens (tertiary/aromatic N) is 2. The summed E-state index contributed by atoms with van der Waals surface area (Å²) in [6.45, 7) is 8.81. The van der Waals surface area contributed by atoms with Gasteiger partial charge in [-0.15, -0.1) is 23.3 Å². The maximum atomic E-state index is 4.94. The third-order valence-corrected chi connectivity index (χ3v) is 6.05. The van der Waals surface area contributed by atoms with E-state index in [2.05, 4.69) is 101 Å². The molecule has 8 bridgehead atoms. The second-order valence-corrected chi connectivity index (χ2v) is 8.64. The molecule has 146 valence electrons. The van der Waals surface area contributed by atoms with Crippen molar-refractivity contribution in [3.63, 3.8) is 0 Å². The van der Waals surface area contributed by atoms with Crippen LogP contribution in [0.1, 0.15) is 38.8 Å². The molecule has 3 aliphatic heterocycles. The summed E-state index contributed by atoms with van der Waals surface area (Å²) in [5, 5.41) is 0. The Kier molecular flexibility index (Phi) is 4.74. The first-order valence-electron chi connectivity index (χ1n) is 9.70. The quantitative estimate of drug-likeness (QED) is 0.369. The van der Waals surface area contributed by atoms with Gasteiger partial charge in [0.2, 0.25) is 0 Å². The van der Waals surface area contributed by atoms with E-state index in [0.717, 1.165) is 45.1 Å². The fourth-order valence-electron chi connectivity index (χ4n) is 3.96. The molecule has 0 N–H and O–H groups in total. The number of fused-ring (bicyclic) bond motifs is 7. The molecule has 2 nitrogen and oxygen atoms in total. The van der Waals surface area contributed by atoms with Crippen LogP contribution in [-0.2, 0) is 31.9 Å². The summed E-state index contributed by atoms with van der Waals surface area (Å²) >= 11 is 0. The van der Waals surface area contributed by atoms with E-state index in [9.17, 15) is 0 Å². The van der Waals surface area contributed by atoms with Crippen molar-refractivity contribution < 1.29 is 21.1 Å². The van der Waals surface area contributed by atoms with Gasteiger partial charge in [-0.3, -0.25) is 9.98 Å². The van der Waals surface area contributed by atoms with Gasteiger partial charge in [0.15, 0.2) is 0 Å². The standard InChI is InChI=1S/C26H22N2.Pt/c1-25(2)19-9-5-7-17(15-19)18-8-6-10-20(16-18)26(3,4)24-14-12-22(28-24)21-11-13-23(25)27-21;/h5-14H,1-4H3;/q-2;+2/b22-21-;. The zero-order valence-electron chi connectivity index (χ0n) is 17.0. The molecule has 0 atom stereocenters. The van der Waals surface area contributed by atoms with Gasteiger partial charge in [-0.25, -0.2) is 11.1 Å². The number of benzene rings is 2. The normalized spacial score (nSPS) is 22.5. The predicted molar refractivity (Wildman–Crippen MR) is 116 cm³/mol. The van der Waals surface area contributed by atoms with E-state index in [1.807, 2.05) is 0 Å². The average Bonchev–Trinajstić information content (AvgIpc) is 3.37. The first-order chi connectivity index (χ1) is 13.4. The largest absolute Gasteiger partial charge is 2.00 e. The first kappa shape index (κ1) is 20.0. The zero-order chi connectivity index (χ0) is 19.5. The van der Waals surface area contributed by atoms with Gasteiger partial charge in [0.1, 0.15) is 0 Å². The van der Waals surface area contributed by atoms with E-state index in [0.29, 0.717) is 0 Å². The smallest absolute Gasteiger partial charge is 0.250 e. The second-order valence-electron chi connectivity index (χ2n) is 8.64. The Morgan fingerprint density at radius 3 is 1.45 bits per heavy atom. The molecule has 3 aliphatic rings. The van der Waals surface area contributed by atoms with Crippen LogP contribution < -0.4 is 0 Å². The van der Waals surface area contributed by atoms with Crippen molar-refractivity contribution >= 4 is 11.4 Å². The third kappa shape index (κ3) is 3.15. The van der Waals surface area contributed by atoms with Gasteiger partial charge >= 0.3 is 21.1 Å². The minimum atomic E-state index is -0.245. The van der Waals surface area contributed by atoms with Crippen LogP contribution in [0.15, 0.2) is 82.1 Å². The Labute approximate surface area is 187 Å². The molecule has 0 aromatic heterocycles. The molecule has 0 fully saturated rings. The van der Waals surface area contributed by atoms with Crippen LogP contribution in [0.2, 0.25) is 0 Å². The molecule has 0 spiro atoms. The molecule has 0 saturated heterocycles. The van der Waals surface area contributed by atoms with Gasteiger partial charge in [-0.1, -0.05) is 27.7 Å². The molecule has 5 rings (SSSR count). The summed E-state index contributed by atoms with van der Waals surface area (Å²) in [5.74, 6) is 0. The maximum Gasteiger partial charge on any atom is 2.00 e. The molecule has 3 heteroatoms. The average molecular weight is 558 g/mol. The third-order valence-electron chi connectivity index (χ3n) is 6.05. The Morgan fingerprint density at radius 2 is 1.03 bits per heavy atom. The molecule has 0 amide bonds. The fraction of sp³-hybridized carbons (Fsp3) is 0.231. The molecular formula is C26H22N2Pt. The van der Waals surface area contributed by atoms with Gasteiger partial charge < -0.3 is 0 Å². The van der Waals surface area contributed by atoms with Crippen molar-refractivity contribution in [2.45, 2.75) is 38.5 Å². The summed E-state index contributed by atoms with van der Waals surface area (Å²) < 4.78 is 0. The van der Waals surface area contributed by atoms with Crippen molar-refractivity contribution in [1.82, 2.24) is 0 Å². The predicted octanol–water partition coefficient (Wildman–Crippen LogP) is 5.75. The van der Waals surface area contributed by atoms with Crippen molar-refractivity contribution in [1.29, 1.82) is 0 Å². The molecule has 0 saturated carbocycles. The number of allylic oxidation sites excluding steroid dienone is 4. The van der Waals surface area contributed by atoms with Crippen molar-refractivity contribution in [2.24, 2.45) is 9.98 Å². The summed E-state index contributed by atoms with van der Waals surface area (Å²) in [6.07, 6.45) is 8.38. The molecule has 2 aromatic rings. The van der Waals surface area contributed by atoms with E-state index in [4.69, 9.17) is 9.98 Å². The van der Waals surface area contributed by atoms with E-state index in [1.165, 1.54) is 0 Å². The van der Waals surface area contributed by atoms with E-state index < -0.39 is 0 Å². The summed E-state index contributed by atoms with van der Waals surface area (Å²) in [5.41, 5.74) is 7.81. The van der Waals surface area contributed by atoms with Crippen molar-refractivity contribution in [3.05, 3.63) is 95.4 Å². The van der Waals surface area contributed by atoms with E-state index in [1.54, 1.807) is 0 Å². The minimum absolute atomic E-state index is 0. The van der Waals surface area contributed by atoms with E-state index in [-0.39, 0.29) is 31.9 Å². The van der Waals surface area contributed by atoms with Crippen LogP contribution in [0.3, 0.4) is 0 Å². The van der Waals surface area contributed by atoms with Gasteiger partial charge in [0.05, 0.1) is 11.4 Å². The van der Waals surface area contributed by atoms with Gasteiger partial charge in [-0.2, -0.15) is 36.4 Å². The van der Waals surface area contributed by atoms with Gasteiger partial charge in [0.25, 0.3) is 0 Å². The molecule has 0 aliphatic carbocycles. The van der Waals surface area contributed by atoms with Crippen LogP contribution in [0.4, 0.5) is 0 Å². The molecular weight excluding hydrogens is 535 g/mol. The topological polar surface area (TPSA) is 24.7 Å². The van der Waals surface area contributed by atoms with Crippen LogP contribution in [0.25, 0.3) is 11.1 Å². The van der Waals surface area contributed by atoms with E-state index >= 15 is 0 Å².